The Hall–Kier alpha value is -3.02. The predicted molar refractivity (Wildman–Crippen MR) is 85.9 cm³/mol. The summed E-state index contributed by atoms with van der Waals surface area (Å²) in [6.45, 7) is 1.82. The molecule has 0 aliphatic carbocycles. The molecule has 3 rings (SSSR count). The van der Waals surface area contributed by atoms with Gasteiger partial charge in [0.1, 0.15) is 0 Å². The maximum atomic E-state index is 12.7. The van der Waals surface area contributed by atoms with Gasteiger partial charge in [0.05, 0.1) is 5.56 Å². The van der Waals surface area contributed by atoms with Crippen molar-refractivity contribution in [3.8, 4) is 0 Å². The number of carbonyl (C=O) groups is 3. The van der Waals surface area contributed by atoms with Crippen molar-refractivity contribution in [3.05, 3.63) is 40.4 Å². The highest BCUT2D eigenvalue weighted by Gasteiger charge is 2.49. The molecule has 0 N–H and O–H groups in total. The van der Waals surface area contributed by atoms with E-state index in [1.165, 1.54) is 19.2 Å². The zero-order chi connectivity index (χ0) is 19.9. The van der Waals surface area contributed by atoms with Gasteiger partial charge in [-0.1, -0.05) is 29.0 Å². The Labute approximate surface area is 154 Å². The van der Waals surface area contributed by atoms with Crippen LogP contribution in [0.1, 0.15) is 20.9 Å². The Balaban J connectivity index is 1.82. The van der Waals surface area contributed by atoms with Gasteiger partial charge in [0, 0.05) is 7.05 Å². The molecule has 2 heterocycles. The molecule has 1 fully saturated rings. The number of benzene rings is 1. The molecule has 1 aromatic heterocycles. The van der Waals surface area contributed by atoms with Crippen molar-refractivity contribution in [1.82, 2.24) is 15.1 Å². The van der Waals surface area contributed by atoms with Crippen LogP contribution in [0.5, 0.6) is 0 Å². The summed E-state index contributed by atoms with van der Waals surface area (Å²) in [6.07, 6.45) is -6.38. The van der Waals surface area contributed by atoms with E-state index in [2.05, 4.69) is 10.2 Å². The second-order valence-electron chi connectivity index (χ2n) is 5.58. The van der Waals surface area contributed by atoms with E-state index in [1.54, 1.807) is 12.1 Å². The highest BCUT2D eigenvalue weighted by Crippen LogP contribution is 2.36. The molecule has 142 valence electrons. The van der Waals surface area contributed by atoms with Crippen LogP contribution in [-0.2, 0) is 15.7 Å². The zero-order valence-corrected chi connectivity index (χ0v) is 14.7. The van der Waals surface area contributed by atoms with Gasteiger partial charge in [-0.3, -0.25) is 9.69 Å². The number of hydrogen-bond acceptors (Lipinski definition) is 7. The van der Waals surface area contributed by atoms with Crippen molar-refractivity contribution >= 4 is 34.4 Å². The van der Waals surface area contributed by atoms with Crippen molar-refractivity contribution in [2.24, 2.45) is 0 Å². The van der Waals surface area contributed by atoms with Crippen LogP contribution in [-0.4, -0.2) is 46.3 Å². The lowest BCUT2D eigenvalue weighted by Crippen LogP contribution is -2.36. The SMILES string of the molecule is Cc1ccc(C(=O)OC2C(=O)N(c3nnc(C(F)(F)F)s3)C(=O)N2C)cc1. The summed E-state index contributed by atoms with van der Waals surface area (Å²) in [4.78, 5) is 38.1. The predicted octanol–water partition coefficient (Wildman–Crippen LogP) is 2.45. The Morgan fingerprint density at radius 1 is 1.19 bits per heavy atom. The molecule has 0 bridgehead atoms. The number of likely N-dealkylation sites (N-methyl/N-ethyl adjacent to an activating group) is 1. The molecule has 1 aliphatic rings. The molecule has 1 aromatic carbocycles. The van der Waals surface area contributed by atoms with Gasteiger partial charge in [0.25, 0.3) is 12.1 Å². The van der Waals surface area contributed by atoms with E-state index >= 15 is 0 Å². The van der Waals surface area contributed by atoms with E-state index in [-0.39, 0.29) is 16.9 Å². The average molecular weight is 400 g/mol. The molecular formula is C15H11F3N4O4S. The fraction of sp³-hybridized carbons (Fsp3) is 0.267. The molecule has 12 heteroatoms. The number of carbonyl (C=O) groups excluding carboxylic acids is 3. The summed E-state index contributed by atoms with van der Waals surface area (Å²) in [5.41, 5.74) is 1.06. The first-order chi connectivity index (χ1) is 12.6. The number of esters is 1. The summed E-state index contributed by atoms with van der Waals surface area (Å²) in [7, 11) is 1.18. The maximum absolute atomic E-state index is 12.7. The molecule has 1 aliphatic heterocycles. The number of rotatable bonds is 3. The third kappa shape index (κ3) is 3.47. The van der Waals surface area contributed by atoms with Crippen LogP contribution in [0.4, 0.5) is 23.1 Å². The monoisotopic (exact) mass is 400 g/mol. The standard InChI is InChI=1S/C15H11F3N4O4S/c1-7-3-5-8(6-4-7)11(24)26-10-9(23)22(14(25)21(10)2)13-20-19-12(27-13)15(16,17)18/h3-6,10H,1-2H3. The summed E-state index contributed by atoms with van der Waals surface area (Å²) >= 11 is 0.0354. The number of hydrogen-bond donors (Lipinski definition) is 0. The maximum Gasteiger partial charge on any atom is 0.445 e. The van der Waals surface area contributed by atoms with Crippen molar-refractivity contribution in [2.45, 2.75) is 19.3 Å². The lowest BCUT2D eigenvalue weighted by molar-refractivity contribution is -0.138. The van der Waals surface area contributed by atoms with E-state index in [9.17, 15) is 27.6 Å². The lowest BCUT2D eigenvalue weighted by atomic mass is 10.1. The number of aromatic nitrogens is 2. The zero-order valence-electron chi connectivity index (χ0n) is 13.9. The van der Waals surface area contributed by atoms with Crippen LogP contribution >= 0.6 is 11.3 Å². The van der Waals surface area contributed by atoms with Crippen LogP contribution in [0.25, 0.3) is 0 Å². The minimum atomic E-state index is -4.76. The molecule has 1 saturated heterocycles. The Morgan fingerprint density at radius 3 is 2.37 bits per heavy atom. The van der Waals surface area contributed by atoms with Gasteiger partial charge in [-0.05, 0) is 19.1 Å². The van der Waals surface area contributed by atoms with Crippen LogP contribution in [0.2, 0.25) is 0 Å². The van der Waals surface area contributed by atoms with Gasteiger partial charge in [-0.25, -0.2) is 9.59 Å². The van der Waals surface area contributed by atoms with Crippen LogP contribution in [0.15, 0.2) is 24.3 Å². The highest BCUT2D eigenvalue weighted by molar-refractivity contribution is 7.15. The Bertz CT molecular complexity index is 913. The van der Waals surface area contributed by atoms with E-state index < -0.39 is 40.5 Å². The van der Waals surface area contributed by atoms with Gasteiger partial charge in [-0.15, -0.1) is 10.2 Å². The van der Waals surface area contributed by atoms with Gasteiger partial charge in [0.15, 0.2) is 0 Å². The fourth-order valence-electron chi connectivity index (χ4n) is 2.21. The number of anilines is 1. The number of ether oxygens (including phenoxy) is 1. The minimum absolute atomic E-state index is 0.0354. The molecule has 0 radical (unpaired) electrons. The minimum Gasteiger partial charge on any atom is -0.428 e. The van der Waals surface area contributed by atoms with E-state index in [4.69, 9.17) is 4.74 Å². The molecule has 0 saturated carbocycles. The smallest absolute Gasteiger partial charge is 0.428 e. The molecule has 3 amide bonds. The number of halogens is 3. The second kappa shape index (κ2) is 6.61. The van der Waals surface area contributed by atoms with Crippen molar-refractivity contribution in [1.29, 1.82) is 0 Å². The Kier molecular flexibility index (Phi) is 4.59. The average Bonchev–Trinajstić information content (AvgIpc) is 3.15. The lowest BCUT2D eigenvalue weighted by Gasteiger charge is -2.16. The molecule has 8 nitrogen and oxygen atoms in total. The van der Waals surface area contributed by atoms with Gasteiger partial charge >= 0.3 is 18.2 Å². The third-order valence-corrected chi connectivity index (χ3v) is 4.58. The first kappa shape index (κ1) is 18.8. The summed E-state index contributed by atoms with van der Waals surface area (Å²) < 4.78 is 43.1. The summed E-state index contributed by atoms with van der Waals surface area (Å²) in [5.74, 6) is -1.89. The topological polar surface area (TPSA) is 92.7 Å². The van der Waals surface area contributed by atoms with Crippen molar-refractivity contribution < 1.29 is 32.3 Å². The molecular weight excluding hydrogens is 389 g/mol. The van der Waals surface area contributed by atoms with E-state index in [0.29, 0.717) is 4.90 Å². The normalized spacial score (nSPS) is 17.6. The second-order valence-corrected chi connectivity index (χ2v) is 6.53. The van der Waals surface area contributed by atoms with Gasteiger partial charge in [0.2, 0.25) is 10.1 Å². The van der Waals surface area contributed by atoms with Crippen molar-refractivity contribution in [3.63, 3.8) is 0 Å². The number of imide groups is 1. The quantitative estimate of drug-likeness (QED) is 0.581. The first-order valence-electron chi connectivity index (χ1n) is 7.38. The van der Waals surface area contributed by atoms with Crippen LogP contribution in [0, 0.1) is 6.92 Å². The number of aryl methyl sites for hydroxylation is 1. The fourth-order valence-corrected chi connectivity index (χ4v) is 2.92. The van der Waals surface area contributed by atoms with Crippen LogP contribution < -0.4 is 4.90 Å². The summed E-state index contributed by atoms with van der Waals surface area (Å²) in [6, 6.07) is 5.31. The summed E-state index contributed by atoms with van der Waals surface area (Å²) in [5, 5.41) is 4.32. The molecule has 1 unspecified atom stereocenters. The molecule has 1 atom stereocenters. The molecule has 27 heavy (non-hydrogen) atoms. The third-order valence-electron chi connectivity index (χ3n) is 3.63. The van der Waals surface area contributed by atoms with E-state index in [0.717, 1.165) is 10.5 Å². The Morgan fingerprint density at radius 2 is 1.81 bits per heavy atom. The molecule has 0 spiro atoms. The van der Waals surface area contributed by atoms with Gasteiger partial charge < -0.3 is 4.74 Å². The molecule has 2 aromatic rings. The highest BCUT2D eigenvalue weighted by atomic mass is 32.1. The van der Waals surface area contributed by atoms with Crippen molar-refractivity contribution in [2.75, 3.05) is 11.9 Å². The first-order valence-corrected chi connectivity index (χ1v) is 8.20. The number of amides is 3. The van der Waals surface area contributed by atoms with Crippen LogP contribution in [0.3, 0.4) is 0 Å². The van der Waals surface area contributed by atoms with Gasteiger partial charge in [-0.2, -0.15) is 18.1 Å². The van der Waals surface area contributed by atoms with E-state index in [1.807, 2.05) is 6.92 Å². The number of alkyl halides is 3. The largest absolute Gasteiger partial charge is 0.445 e. The number of urea groups is 1. The number of nitrogens with zero attached hydrogens (tertiary/aromatic N) is 4.